The molecule has 14 heavy (non-hydrogen) atoms. The monoisotopic (exact) mass is 188 g/mol. The zero-order valence-corrected chi connectivity index (χ0v) is 7.29. The van der Waals surface area contributed by atoms with Crippen LogP contribution in [-0.2, 0) is 0 Å². The molecule has 0 amide bonds. The largest absolute Gasteiger partial charge is 0.335 e. The van der Waals surface area contributed by atoms with E-state index >= 15 is 0 Å². The van der Waals surface area contributed by atoms with E-state index in [0.717, 1.165) is 4.68 Å². The van der Waals surface area contributed by atoms with Crippen LogP contribution in [0.3, 0.4) is 0 Å². The number of aromatic nitrogens is 3. The molecule has 0 saturated heterocycles. The fourth-order valence-corrected chi connectivity index (χ4v) is 1.13. The molecular formula is C9H8N4O. The van der Waals surface area contributed by atoms with Gasteiger partial charge in [-0.3, -0.25) is 4.79 Å². The van der Waals surface area contributed by atoms with Gasteiger partial charge in [0.05, 0.1) is 0 Å². The maximum atomic E-state index is 11.5. The highest BCUT2D eigenvalue weighted by atomic mass is 16.1. The lowest BCUT2D eigenvalue weighted by molar-refractivity contribution is 0.827. The van der Waals surface area contributed by atoms with Crippen LogP contribution >= 0.6 is 0 Å². The van der Waals surface area contributed by atoms with Gasteiger partial charge in [0.2, 0.25) is 0 Å². The first-order valence-electron chi connectivity index (χ1n) is 4.04. The van der Waals surface area contributed by atoms with Gasteiger partial charge in [0, 0.05) is 5.56 Å². The Labute approximate surface area is 79.8 Å². The van der Waals surface area contributed by atoms with Gasteiger partial charge in [-0.15, -0.1) is 10.2 Å². The first-order chi connectivity index (χ1) is 6.79. The Morgan fingerprint density at radius 3 is 2.64 bits per heavy atom. The molecule has 5 heteroatoms. The van der Waals surface area contributed by atoms with Crippen molar-refractivity contribution in [3.63, 3.8) is 0 Å². The van der Waals surface area contributed by atoms with Crippen molar-refractivity contribution in [2.75, 3.05) is 5.84 Å². The minimum atomic E-state index is -0.355. The lowest BCUT2D eigenvalue weighted by Gasteiger charge is -1.99. The predicted molar refractivity (Wildman–Crippen MR) is 51.9 cm³/mol. The zero-order valence-electron chi connectivity index (χ0n) is 7.29. The van der Waals surface area contributed by atoms with Crippen LogP contribution in [0.15, 0.2) is 41.5 Å². The Morgan fingerprint density at radius 1 is 1.21 bits per heavy atom. The van der Waals surface area contributed by atoms with Crippen molar-refractivity contribution in [1.29, 1.82) is 0 Å². The van der Waals surface area contributed by atoms with Crippen LogP contribution in [0.5, 0.6) is 0 Å². The van der Waals surface area contributed by atoms with Crippen LogP contribution in [0.25, 0.3) is 11.3 Å². The molecule has 2 aromatic rings. The Kier molecular flexibility index (Phi) is 1.98. The van der Waals surface area contributed by atoms with Crippen molar-refractivity contribution >= 4 is 0 Å². The quantitative estimate of drug-likeness (QED) is 0.640. The Balaban J connectivity index is 2.64. The molecule has 0 aliphatic carbocycles. The number of benzene rings is 1. The van der Waals surface area contributed by atoms with Crippen LogP contribution in [0.4, 0.5) is 0 Å². The van der Waals surface area contributed by atoms with Gasteiger partial charge in [-0.25, -0.2) is 4.68 Å². The Bertz CT molecular complexity index is 492. The van der Waals surface area contributed by atoms with Crippen LogP contribution in [-0.4, -0.2) is 14.9 Å². The van der Waals surface area contributed by atoms with Crippen molar-refractivity contribution in [1.82, 2.24) is 14.9 Å². The molecule has 2 N–H and O–H groups in total. The number of nitrogen functional groups attached to an aromatic ring is 1. The third-order valence-corrected chi connectivity index (χ3v) is 1.82. The molecule has 0 spiro atoms. The molecule has 70 valence electrons. The Hall–Kier alpha value is -2.17. The molecule has 0 fully saturated rings. The first kappa shape index (κ1) is 8.43. The molecule has 0 unspecified atom stereocenters. The van der Waals surface area contributed by atoms with E-state index in [1.54, 1.807) is 12.1 Å². The van der Waals surface area contributed by atoms with Crippen molar-refractivity contribution in [2.45, 2.75) is 0 Å². The third kappa shape index (κ3) is 1.35. The Morgan fingerprint density at radius 2 is 1.93 bits per heavy atom. The van der Waals surface area contributed by atoms with Crippen molar-refractivity contribution in [3.8, 4) is 11.3 Å². The maximum Gasteiger partial charge on any atom is 0.298 e. The molecule has 1 aromatic carbocycles. The normalized spacial score (nSPS) is 10.0. The van der Waals surface area contributed by atoms with E-state index in [4.69, 9.17) is 5.84 Å². The average Bonchev–Trinajstić information content (AvgIpc) is 2.23. The van der Waals surface area contributed by atoms with E-state index in [2.05, 4.69) is 10.2 Å². The summed E-state index contributed by atoms with van der Waals surface area (Å²) in [6.45, 7) is 0. The van der Waals surface area contributed by atoms with Gasteiger partial charge in [0.1, 0.15) is 6.33 Å². The van der Waals surface area contributed by atoms with Crippen LogP contribution in [0.1, 0.15) is 0 Å². The summed E-state index contributed by atoms with van der Waals surface area (Å²) in [7, 11) is 0. The predicted octanol–water partition coefficient (Wildman–Crippen LogP) is 0.0191. The summed E-state index contributed by atoms with van der Waals surface area (Å²) in [6.07, 6.45) is 1.18. The van der Waals surface area contributed by atoms with Gasteiger partial charge in [-0.1, -0.05) is 30.3 Å². The average molecular weight is 188 g/mol. The van der Waals surface area contributed by atoms with Crippen LogP contribution in [0, 0.1) is 0 Å². The van der Waals surface area contributed by atoms with Gasteiger partial charge in [-0.2, -0.15) is 0 Å². The maximum absolute atomic E-state index is 11.5. The summed E-state index contributed by atoms with van der Waals surface area (Å²) in [4.78, 5) is 11.5. The molecule has 0 aliphatic rings. The summed E-state index contributed by atoms with van der Waals surface area (Å²) in [5.41, 5.74) is 0.617. The molecular weight excluding hydrogens is 180 g/mol. The molecule has 5 nitrogen and oxygen atoms in total. The number of hydrogen-bond acceptors (Lipinski definition) is 4. The highest BCUT2D eigenvalue weighted by molar-refractivity contribution is 5.56. The first-order valence-corrected chi connectivity index (χ1v) is 4.04. The number of rotatable bonds is 1. The van der Waals surface area contributed by atoms with Gasteiger partial charge < -0.3 is 5.84 Å². The lowest BCUT2D eigenvalue weighted by Crippen LogP contribution is -2.29. The van der Waals surface area contributed by atoms with Crippen molar-refractivity contribution in [3.05, 3.63) is 47.0 Å². The molecule has 0 radical (unpaired) electrons. The zero-order chi connectivity index (χ0) is 9.97. The van der Waals surface area contributed by atoms with Gasteiger partial charge >= 0.3 is 0 Å². The molecule has 0 aliphatic heterocycles. The van der Waals surface area contributed by atoms with Gasteiger partial charge in [-0.05, 0) is 0 Å². The van der Waals surface area contributed by atoms with Gasteiger partial charge in [0.15, 0.2) is 5.69 Å². The van der Waals surface area contributed by atoms with Crippen LogP contribution in [0.2, 0.25) is 0 Å². The van der Waals surface area contributed by atoms with E-state index in [1.165, 1.54) is 6.33 Å². The fourth-order valence-electron chi connectivity index (χ4n) is 1.13. The standard InChI is InChI=1S/C9H8N4O/c10-13-6-11-12-8(9(13)14)7-4-2-1-3-5-7/h1-6H,10H2. The third-order valence-electron chi connectivity index (χ3n) is 1.82. The highest BCUT2D eigenvalue weighted by Gasteiger charge is 2.05. The minimum Gasteiger partial charge on any atom is -0.335 e. The van der Waals surface area contributed by atoms with E-state index in [-0.39, 0.29) is 11.3 Å². The summed E-state index contributed by atoms with van der Waals surface area (Å²) >= 11 is 0. The number of nitrogens with two attached hydrogens (primary N) is 1. The highest BCUT2D eigenvalue weighted by Crippen LogP contribution is 2.09. The lowest BCUT2D eigenvalue weighted by atomic mass is 10.2. The number of nitrogens with zero attached hydrogens (tertiary/aromatic N) is 3. The van der Waals surface area contributed by atoms with E-state index in [1.807, 2.05) is 18.2 Å². The fraction of sp³-hybridized carbons (Fsp3) is 0. The molecule has 0 bridgehead atoms. The smallest absolute Gasteiger partial charge is 0.298 e. The minimum absolute atomic E-state index is 0.260. The molecule has 0 atom stereocenters. The number of hydrogen-bond donors (Lipinski definition) is 1. The topological polar surface area (TPSA) is 73.8 Å². The summed E-state index contributed by atoms with van der Waals surface area (Å²) in [5, 5.41) is 7.36. The van der Waals surface area contributed by atoms with Crippen molar-refractivity contribution < 1.29 is 0 Å². The van der Waals surface area contributed by atoms with E-state index in [9.17, 15) is 4.79 Å². The molecule has 2 rings (SSSR count). The SMILES string of the molecule is Nn1cnnc(-c2ccccc2)c1=O. The molecule has 1 heterocycles. The molecule has 1 aromatic heterocycles. The van der Waals surface area contributed by atoms with Gasteiger partial charge in [0.25, 0.3) is 5.56 Å². The summed E-state index contributed by atoms with van der Waals surface area (Å²) < 4.78 is 0.912. The van der Waals surface area contributed by atoms with E-state index < -0.39 is 0 Å². The summed E-state index contributed by atoms with van der Waals surface area (Å²) in [5.74, 6) is 5.36. The van der Waals surface area contributed by atoms with Crippen LogP contribution < -0.4 is 11.4 Å². The second kappa shape index (κ2) is 3.29. The summed E-state index contributed by atoms with van der Waals surface area (Å²) in [6, 6.07) is 9.08. The second-order valence-electron chi connectivity index (χ2n) is 2.76. The second-order valence-corrected chi connectivity index (χ2v) is 2.76. The van der Waals surface area contributed by atoms with Crippen molar-refractivity contribution in [2.24, 2.45) is 0 Å². The molecule has 0 saturated carbocycles. The van der Waals surface area contributed by atoms with E-state index in [0.29, 0.717) is 5.56 Å².